The second-order valence-electron chi connectivity index (χ2n) is 4.99. The molecule has 0 spiro atoms. The average molecular weight is 276 g/mol. The van der Waals surface area contributed by atoms with Crippen LogP contribution < -0.4 is 5.73 Å². The van der Waals surface area contributed by atoms with Gasteiger partial charge in [0, 0.05) is 26.2 Å². The summed E-state index contributed by atoms with van der Waals surface area (Å²) >= 11 is 0. The molecule has 2 N–H and O–H groups in total. The summed E-state index contributed by atoms with van der Waals surface area (Å²) in [5, 5.41) is 0. The number of hydrogen-bond donors (Lipinski definition) is 1. The molecule has 0 bridgehead atoms. The summed E-state index contributed by atoms with van der Waals surface area (Å²) < 4.78 is 0. The molecule has 0 aliphatic carbocycles. The van der Waals surface area contributed by atoms with Gasteiger partial charge in [-0.1, -0.05) is 30.3 Å². The number of benzene rings is 1. The van der Waals surface area contributed by atoms with Crippen molar-refractivity contribution in [3.8, 4) is 0 Å². The lowest BCUT2D eigenvalue weighted by atomic mass is 10.2. The number of guanidine groups is 1. The van der Waals surface area contributed by atoms with Crippen LogP contribution in [0.1, 0.15) is 25.8 Å². The second-order valence-corrected chi connectivity index (χ2v) is 4.99. The molecule has 112 valence electrons. The lowest BCUT2D eigenvalue weighted by Gasteiger charge is -2.20. The molecule has 1 rings (SSSR count). The van der Waals surface area contributed by atoms with Gasteiger partial charge in [-0.05, 0) is 39.4 Å². The fraction of sp³-hybridized carbons (Fsp3) is 0.562. The molecule has 0 aromatic heterocycles. The maximum Gasteiger partial charge on any atom is 0.191 e. The van der Waals surface area contributed by atoms with Crippen molar-refractivity contribution in [2.24, 2.45) is 10.7 Å². The summed E-state index contributed by atoms with van der Waals surface area (Å²) in [6.45, 7) is 8.83. The third-order valence-corrected chi connectivity index (χ3v) is 3.35. The number of rotatable bonds is 8. The first-order chi connectivity index (χ1) is 9.67. The van der Waals surface area contributed by atoms with Gasteiger partial charge < -0.3 is 15.5 Å². The molecule has 1 aromatic carbocycles. The molecule has 0 radical (unpaired) electrons. The highest BCUT2D eigenvalue weighted by atomic mass is 15.2. The Morgan fingerprint density at radius 2 is 1.80 bits per heavy atom. The van der Waals surface area contributed by atoms with Gasteiger partial charge in [-0.2, -0.15) is 0 Å². The Labute approximate surface area is 123 Å². The van der Waals surface area contributed by atoms with Crippen LogP contribution in [0.4, 0.5) is 0 Å². The van der Waals surface area contributed by atoms with E-state index in [2.05, 4.69) is 60.0 Å². The topological polar surface area (TPSA) is 44.9 Å². The zero-order chi connectivity index (χ0) is 14.8. The summed E-state index contributed by atoms with van der Waals surface area (Å²) in [7, 11) is 2.14. The Balaban J connectivity index is 2.25. The van der Waals surface area contributed by atoms with E-state index in [0.717, 1.165) is 39.1 Å². The molecule has 4 nitrogen and oxygen atoms in total. The Morgan fingerprint density at radius 1 is 1.15 bits per heavy atom. The number of aliphatic imine (C=N–C) groups is 1. The second kappa shape index (κ2) is 9.37. The highest BCUT2D eigenvalue weighted by Gasteiger charge is 2.02. The molecule has 0 atom stereocenters. The van der Waals surface area contributed by atoms with E-state index in [4.69, 9.17) is 5.73 Å². The van der Waals surface area contributed by atoms with E-state index in [-0.39, 0.29) is 0 Å². The molecule has 0 aliphatic heterocycles. The van der Waals surface area contributed by atoms with Crippen molar-refractivity contribution in [3.63, 3.8) is 0 Å². The maximum atomic E-state index is 5.94. The van der Waals surface area contributed by atoms with Crippen molar-refractivity contribution >= 4 is 5.96 Å². The number of hydrogen-bond acceptors (Lipinski definition) is 2. The van der Waals surface area contributed by atoms with Gasteiger partial charge in [0.1, 0.15) is 0 Å². The molecule has 0 aliphatic rings. The van der Waals surface area contributed by atoms with E-state index in [1.165, 1.54) is 5.56 Å². The largest absolute Gasteiger partial charge is 0.370 e. The quantitative estimate of drug-likeness (QED) is 0.449. The van der Waals surface area contributed by atoms with E-state index in [1.54, 1.807) is 0 Å². The monoisotopic (exact) mass is 276 g/mol. The van der Waals surface area contributed by atoms with Gasteiger partial charge in [-0.15, -0.1) is 0 Å². The van der Waals surface area contributed by atoms with Gasteiger partial charge in [0.15, 0.2) is 5.96 Å². The molecule has 0 fully saturated rings. The van der Waals surface area contributed by atoms with Gasteiger partial charge >= 0.3 is 0 Å². The van der Waals surface area contributed by atoms with Gasteiger partial charge in [-0.25, -0.2) is 0 Å². The zero-order valence-electron chi connectivity index (χ0n) is 13.0. The van der Waals surface area contributed by atoms with Crippen molar-refractivity contribution < 1.29 is 0 Å². The van der Waals surface area contributed by atoms with Gasteiger partial charge in [-0.3, -0.25) is 4.99 Å². The first-order valence-electron chi connectivity index (χ1n) is 7.44. The fourth-order valence-corrected chi connectivity index (χ4v) is 2.16. The first-order valence-corrected chi connectivity index (χ1v) is 7.44. The van der Waals surface area contributed by atoms with E-state index in [9.17, 15) is 0 Å². The molecule has 0 heterocycles. The predicted molar refractivity (Wildman–Crippen MR) is 86.8 cm³/mol. The Kier molecular flexibility index (Phi) is 7.73. The standard InChI is InChI=1S/C16H28N4/c1-4-20(5-2)16(17)18-12-9-13-19(3)14-15-10-7-6-8-11-15/h6-8,10-11H,4-5,9,12-14H2,1-3H3,(H2,17,18). The molecule has 0 unspecified atom stereocenters. The summed E-state index contributed by atoms with van der Waals surface area (Å²) in [5.41, 5.74) is 7.29. The Morgan fingerprint density at radius 3 is 2.40 bits per heavy atom. The lowest BCUT2D eigenvalue weighted by molar-refractivity contribution is 0.324. The highest BCUT2D eigenvalue weighted by Crippen LogP contribution is 2.02. The van der Waals surface area contributed by atoms with Gasteiger partial charge in [0.2, 0.25) is 0 Å². The summed E-state index contributed by atoms with van der Waals surface area (Å²) in [5.74, 6) is 0.667. The Bertz CT molecular complexity index is 385. The molecule has 1 aromatic rings. The molecule has 0 saturated heterocycles. The number of nitrogens with two attached hydrogens (primary N) is 1. The van der Waals surface area contributed by atoms with E-state index < -0.39 is 0 Å². The predicted octanol–water partition coefficient (Wildman–Crippen LogP) is 2.17. The van der Waals surface area contributed by atoms with Crippen LogP contribution in [0, 0.1) is 0 Å². The molecule has 0 saturated carbocycles. The summed E-state index contributed by atoms with van der Waals surface area (Å²) in [6, 6.07) is 10.5. The van der Waals surface area contributed by atoms with Gasteiger partial charge in [0.25, 0.3) is 0 Å². The van der Waals surface area contributed by atoms with Crippen LogP contribution >= 0.6 is 0 Å². The molecular formula is C16H28N4. The maximum absolute atomic E-state index is 5.94. The highest BCUT2D eigenvalue weighted by molar-refractivity contribution is 5.77. The van der Waals surface area contributed by atoms with E-state index in [0.29, 0.717) is 5.96 Å². The van der Waals surface area contributed by atoms with Crippen molar-refractivity contribution in [1.82, 2.24) is 9.80 Å². The van der Waals surface area contributed by atoms with Crippen molar-refractivity contribution in [2.45, 2.75) is 26.8 Å². The Hall–Kier alpha value is -1.55. The third kappa shape index (κ3) is 6.06. The normalized spacial score (nSPS) is 11.9. The molecular weight excluding hydrogens is 248 g/mol. The minimum absolute atomic E-state index is 0.667. The average Bonchev–Trinajstić information content (AvgIpc) is 2.46. The van der Waals surface area contributed by atoms with Crippen molar-refractivity contribution in [3.05, 3.63) is 35.9 Å². The van der Waals surface area contributed by atoms with Crippen LogP contribution in [0.25, 0.3) is 0 Å². The minimum atomic E-state index is 0.667. The van der Waals surface area contributed by atoms with Crippen LogP contribution in [0.3, 0.4) is 0 Å². The summed E-state index contributed by atoms with van der Waals surface area (Å²) in [6.07, 6.45) is 1.03. The van der Waals surface area contributed by atoms with Crippen LogP contribution in [0.15, 0.2) is 35.3 Å². The van der Waals surface area contributed by atoms with Crippen molar-refractivity contribution in [2.75, 3.05) is 33.2 Å². The number of nitrogens with zero attached hydrogens (tertiary/aromatic N) is 3. The van der Waals surface area contributed by atoms with Crippen LogP contribution in [-0.2, 0) is 6.54 Å². The fourth-order valence-electron chi connectivity index (χ4n) is 2.16. The van der Waals surface area contributed by atoms with Crippen molar-refractivity contribution in [1.29, 1.82) is 0 Å². The van der Waals surface area contributed by atoms with E-state index >= 15 is 0 Å². The third-order valence-electron chi connectivity index (χ3n) is 3.35. The SMILES string of the molecule is CCN(CC)C(N)=NCCCN(C)Cc1ccccc1. The lowest BCUT2D eigenvalue weighted by Crippen LogP contribution is -2.37. The van der Waals surface area contributed by atoms with Gasteiger partial charge in [0.05, 0.1) is 0 Å². The molecule has 20 heavy (non-hydrogen) atoms. The minimum Gasteiger partial charge on any atom is -0.370 e. The van der Waals surface area contributed by atoms with E-state index in [1.807, 2.05) is 6.07 Å². The van der Waals surface area contributed by atoms with Crippen LogP contribution in [0.5, 0.6) is 0 Å². The smallest absolute Gasteiger partial charge is 0.191 e. The van der Waals surface area contributed by atoms with Crippen LogP contribution in [0.2, 0.25) is 0 Å². The first kappa shape index (κ1) is 16.5. The summed E-state index contributed by atoms with van der Waals surface area (Å²) in [4.78, 5) is 8.83. The molecule has 0 amide bonds. The molecule has 4 heteroatoms. The zero-order valence-corrected chi connectivity index (χ0v) is 13.0. The van der Waals surface area contributed by atoms with Crippen LogP contribution in [-0.4, -0.2) is 49.0 Å².